The lowest BCUT2D eigenvalue weighted by Crippen LogP contribution is -2.45. The Hall–Kier alpha value is -1.60. The Bertz CT molecular complexity index is 450. The van der Waals surface area contributed by atoms with Crippen LogP contribution in [-0.2, 0) is 0 Å². The molecule has 1 atom stereocenters. The molecule has 0 spiro atoms. The monoisotopic (exact) mass is 302 g/mol. The number of amides is 1. The molecular weight excluding hydrogens is 284 g/mol. The maximum Gasteiger partial charge on any atom is 0.264 e. The molecule has 0 saturated carbocycles. The van der Waals surface area contributed by atoms with Crippen molar-refractivity contribution < 1.29 is 14.3 Å². The van der Waals surface area contributed by atoms with E-state index >= 15 is 0 Å². The number of nitrogens with zero attached hydrogens (tertiary/aromatic N) is 3. The second-order valence-electron chi connectivity index (χ2n) is 4.42. The van der Waals surface area contributed by atoms with Gasteiger partial charge in [-0.3, -0.25) is 4.79 Å². The van der Waals surface area contributed by atoms with E-state index in [-0.39, 0.29) is 41.7 Å². The van der Waals surface area contributed by atoms with Crippen LogP contribution >= 0.6 is 12.4 Å². The van der Waals surface area contributed by atoms with Crippen molar-refractivity contribution in [2.45, 2.75) is 18.9 Å². The first kappa shape index (κ1) is 16.5. The number of ether oxygens (including phenoxy) is 2. The Morgan fingerprint density at radius 1 is 1.35 bits per heavy atom. The number of rotatable bonds is 3. The summed E-state index contributed by atoms with van der Waals surface area (Å²) in [4.78, 5) is 22.1. The minimum Gasteiger partial charge on any atom is -0.480 e. The average Bonchev–Trinajstić information content (AvgIpc) is 2.45. The molecule has 1 aromatic rings. The standard InChI is InChI=1S/C12H18N4O3.ClH/c1-18-10-9(11(19-2)15-7-14-10)12(17)16-5-3-4-8(13)6-16;/h7-8H,3-6,13H2,1-2H3;1H. The topological polar surface area (TPSA) is 90.6 Å². The Morgan fingerprint density at radius 2 is 1.95 bits per heavy atom. The summed E-state index contributed by atoms with van der Waals surface area (Å²) < 4.78 is 10.2. The van der Waals surface area contributed by atoms with Gasteiger partial charge in [0.25, 0.3) is 5.91 Å². The van der Waals surface area contributed by atoms with Crippen LogP contribution < -0.4 is 15.2 Å². The molecule has 1 aliphatic rings. The first-order valence-electron chi connectivity index (χ1n) is 6.15. The van der Waals surface area contributed by atoms with Crippen LogP contribution in [-0.4, -0.2) is 54.1 Å². The maximum atomic E-state index is 12.5. The second-order valence-corrected chi connectivity index (χ2v) is 4.42. The van der Waals surface area contributed by atoms with Crippen LogP contribution in [0.25, 0.3) is 0 Å². The molecule has 112 valence electrons. The van der Waals surface area contributed by atoms with Crippen LogP contribution in [0, 0.1) is 0 Å². The second kappa shape index (κ2) is 7.25. The van der Waals surface area contributed by atoms with Gasteiger partial charge >= 0.3 is 0 Å². The van der Waals surface area contributed by atoms with Gasteiger partial charge in [-0.1, -0.05) is 0 Å². The number of likely N-dealkylation sites (tertiary alicyclic amines) is 1. The molecule has 1 saturated heterocycles. The van der Waals surface area contributed by atoms with E-state index in [1.807, 2.05) is 0 Å². The quantitative estimate of drug-likeness (QED) is 0.873. The lowest BCUT2D eigenvalue weighted by molar-refractivity contribution is 0.0700. The number of methoxy groups -OCH3 is 2. The van der Waals surface area contributed by atoms with Crippen LogP contribution in [0.5, 0.6) is 11.8 Å². The van der Waals surface area contributed by atoms with Crippen LogP contribution in [0.4, 0.5) is 0 Å². The fourth-order valence-electron chi connectivity index (χ4n) is 2.20. The van der Waals surface area contributed by atoms with Gasteiger partial charge in [-0.25, -0.2) is 9.97 Å². The molecule has 0 aromatic carbocycles. The molecule has 2 rings (SSSR count). The first-order valence-corrected chi connectivity index (χ1v) is 6.15. The number of carbonyl (C=O) groups excluding carboxylic acids is 1. The van der Waals surface area contributed by atoms with Crippen molar-refractivity contribution in [1.82, 2.24) is 14.9 Å². The number of aromatic nitrogens is 2. The van der Waals surface area contributed by atoms with E-state index in [2.05, 4.69) is 9.97 Å². The summed E-state index contributed by atoms with van der Waals surface area (Å²) in [6, 6.07) is 0.0133. The molecule has 0 aliphatic carbocycles. The fourth-order valence-corrected chi connectivity index (χ4v) is 2.20. The van der Waals surface area contributed by atoms with Gasteiger partial charge in [0.15, 0.2) is 5.56 Å². The number of nitrogens with two attached hydrogens (primary N) is 1. The van der Waals surface area contributed by atoms with Crippen LogP contribution in [0.1, 0.15) is 23.2 Å². The highest BCUT2D eigenvalue weighted by Gasteiger charge is 2.28. The molecule has 7 nitrogen and oxygen atoms in total. The predicted molar refractivity (Wildman–Crippen MR) is 75.5 cm³/mol. The van der Waals surface area contributed by atoms with Crippen LogP contribution in [0.15, 0.2) is 6.33 Å². The van der Waals surface area contributed by atoms with Crippen molar-refractivity contribution in [2.75, 3.05) is 27.3 Å². The zero-order valence-corrected chi connectivity index (χ0v) is 12.4. The molecule has 1 unspecified atom stereocenters. The van der Waals surface area contributed by atoms with Gasteiger partial charge in [-0.2, -0.15) is 0 Å². The highest BCUT2D eigenvalue weighted by atomic mass is 35.5. The Labute approximate surface area is 123 Å². The Kier molecular flexibility index (Phi) is 5.97. The summed E-state index contributed by atoms with van der Waals surface area (Å²) in [6.07, 6.45) is 3.13. The Morgan fingerprint density at radius 3 is 2.45 bits per heavy atom. The molecule has 0 radical (unpaired) electrons. The third kappa shape index (κ3) is 3.29. The summed E-state index contributed by atoms with van der Waals surface area (Å²) in [5.41, 5.74) is 6.15. The number of piperidine rings is 1. The average molecular weight is 303 g/mol. The lowest BCUT2D eigenvalue weighted by Gasteiger charge is -2.31. The van der Waals surface area contributed by atoms with Crippen molar-refractivity contribution in [3.8, 4) is 11.8 Å². The van der Waals surface area contributed by atoms with Gasteiger partial charge in [0, 0.05) is 19.1 Å². The minimum atomic E-state index is -0.204. The van der Waals surface area contributed by atoms with Crippen molar-refractivity contribution in [2.24, 2.45) is 5.73 Å². The van der Waals surface area contributed by atoms with E-state index in [0.717, 1.165) is 12.8 Å². The molecule has 2 heterocycles. The SMILES string of the molecule is COc1ncnc(OC)c1C(=O)N1CCCC(N)C1.Cl. The summed E-state index contributed by atoms with van der Waals surface area (Å²) in [5, 5.41) is 0. The number of carbonyl (C=O) groups is 1. The van der Waals surface area contributed by atoms with Crippen molar-refractivity contribution in [3.05, 3.63) is 11.9 Å². The third-order valence-electron chi connectivity index (χ3n) is 3.12. The molecule has 1 amide bonds. The molecule has 1 aliphatic heterocycles. The lowest BCUT2D eigenvalue weighted by atomic mass is 10.1. The van der Waals surface area contributed by atoms with Gasteiger partial charge in [0.1, 0.15) is 6.33 Å². The zero-order valence-electron chi connectivity index (χ0n) is 11.5. The third-order valence-corrected chi connectivity index (χ3v) is 3.12. The maximum absolute atomic E-state index is 12.5. The molecule has 1 fully saturated rings. The molecule has 20 heavy (non-hydrogen) atoms. The van der Waals surface area contributed by atoms with Crippen molar-refractivity contribution in [1.29, 1.82) is 0 Å². The highest BCUT2D eigenvalue weighted by Crippen LogP contribution is 2.26. The summed E-state index contributed by atoms with van der Waals surface area (Å²) in [6.45, 7) is 1.20. The van der Waals surface area contributed by atoms with Crippen molar-refractivity contribution >= 4 is 18.3 Å². The van der Waals surface area contributed by atoms with E-state index in [0.29, 0.717) is 13.1 Å². The van der Waals surface area contributed by atoms with Crippen molar-refractivity contribution in [3.63, 3.8) is 0 Å². The molecule has 1 aromatic heterocycles. The van der Waals surface area contributed by atoms with Gasteiger partial charge in [-0.15, -0.1) is 12.4 Å². The summed E-state index contributed by atoms with van der Waals surface area (Å²) in [5.74, 6) is 0.233. The zero-order chi connectivity index (χ0) is 13.8. The normalized spacial score (nSPS) is 18.1. The van der Waals surface area contributed by atoms with Crippen LogP contribution in [0.3, 0.4) is 0 Å². The largest absolute Gasteiger partial charge is 0.480 e. The van der Waals surface area contributed by atoms with E-state index in [1.165, 1.54) is 20.5 Å². The van der Waals surface area contributed by atoms with E-state index in [4.69, 9.17) is 15.2 Å². The van der Waals surface area contributed by atoms with Gasteiger partial charge in [0.2, 0.25) is 11.8 Å². The van der Waals surface area contributed by atoms with Gasteiger partial charge in [0.05, 0.1) is 14.2 Å². The van der Waals surface area contributed by atoms with Gasteiger partial charge < -0.3 is 20.1 Å². The van der Waals surface area contributed by atoms with Gasteiger partial charge in [-0.05, 0) is 12.8 Å². The van der Waals surface area contributed by atoms with E-state index in [1.54, 1.807) is 4.90 Å². The Balaban J connectivity index is 0.00000200. The number of hydrogen-bond acceptors (Lipinski definition) is 6. The summed E-state index contributed by atoms with van der Waals surface area (Å²) in [7, 11) is 2.92. The fraction of sp³-hybridized carbons (Fsp3) is 0.583. The first-order chi connectivity index (χ1) is 9.17. The minimum absolute atomic E-state index is 0. The predicted octanol–water partition coefficient (Wildman–Crippen LogP) is 0.479. The number of halogens is 1. The number of hydrogen-bond donors (Lipinski definition) is 1. The van der Waals surface area contributed by atoms with E-state index in [9.17, 15) is 4.79 Å². The summed E-state index contributed by atoms with van der Waals surface area (Å²) >= 11 is 0. The molecule has 0 bridgehead atoms. The molecular formula is C12H19ClN4O3. The highest BCUT2D eigenvalue weighted by molar-refractivity contribution is 5.98. The van der Waals surface area contributed by atoms with Crippen LogP contribution in [0.2, 0.25) is 0 Å². The smallest absolute Gasteiger partial charge is 0.264 e. The van der Waals surface area contributed by atoms with E-state index < -0.39 is 0 Å². The molecule has 2 N–H and O–H groups in total. The molecule has 8 heteroatoms.